The second kappa shape index (κ2) is 5.80. The number of hydrogen-bond acceptors (Lipinski definition) is 6. The van der Waals surface area contributed by atoms with Crippen molar-refractivity contribution in [2.45, 2.75) is 6.92 Å². The van der Waals surface area contributed by atoms with E-state index in [1.165, 1.54) is 0 Å². The number of esters is 2. The molecule has 0 aliphatic carbocycles. The number of ether oxygens (including phenoxy) is 2. The van der Waals surface area contributed by atoms with Crippen LogP contribution in [0.25, 0.3) is 5.57 Å². The fourth-order valence-corrected chi connectivity index (χ4v) is 2.13. The number of carbonyl (C=O) groups excluding carboxylic acids is 4. The number of nitrogens with one attached hydrogen (secondary N) is 1. The monoisotopic (exact) mass is 303 g/mol. The third-order valence-corrected chi connectivity index (χ3v) is 3.16. The Hall–Kier alpha value is -2.96. The summed E-state index contributed by atoms with van der Waals surface area (Å²) < 4.78 is 8.86. The Kier molecular flexibility index (Phi) is 4.07. The van der Waals surface area contributed by atoms with Crippen LogP contribution in [0.4, 0.5) is 5.69 Å². The predicted octanol–water partition coefficient (Wildman–Crippen LogP) is 0.616. The van der Waals surface area contributed by atoms with Gasteiger partial charge in [-0.15, -0.1) is 0 Å². The molecule has 114 valence electrons. The molecular formula is C15H13NO6. The molecule has 1 N–H and O–H groups in total. The van der Waals surface area contributed by atoms with E-state index in [9.17, 15) is 19.2 Å². The van der Waals surface area contributed by atoms with Crippen LogP contribution >= 0.6 is 0 Å². The van der Waals surface area contributed by atoms with Crippen molar-refractivity contribution in [1.29, 1.82) is 0 Å². The Morgan fingerprint density at radius 2 is 1.68 bits per heavy atom. The van der Waals surface area contributed by atoms with E-state index < -0.39 is 29.2 Å². The van der Waals surface area contributed by atoms with E-state index in [-0.39, 0.29) is 5.57 Å². The summed E-state index contributed by atoms with van der Waals surface area (Å²) in [6.45, 7) is 1.79. The first-order valence-electron chi connectivity index (χ1n) is 6.28. The lowest BCUT2D eigenvalue weighted by Gasteiger charge is -2.07. The highest BCUT2D eigenvalue weighted by molar-refractivity contribution is 6.53. The smallest absolute Gasteiger partial charge is 0.379 e. The largest absolute Gasteiger partial charge is 0.465 e. The molecule has 0 bridgehead atoms. The summed E-state index contributed by atoms with van der Waals surface area (Å²) in [6.07, 6.45) is 0. The number of fused-ring (bicyclic) bond motifs is 1. The van der Waals surface area contributed by atoms with Gasteiger partial charge >= 0.3 is 11.9 Å². The average Bonchev–Trinajstić information content (AvgIpc) is 2.82. The van der Waals surface area contributed by atoms with Crippen LogP contribution in [0.1, 0.15) is 11.1 Å². The molecule has 1 aromatic carbocycles. The topological polar surface area (TPSA) is 98.8 Å². The summed E-state index contributed by atoms with van der Waals surface area (Å²) in [6, 6.07) is 5.05. The molecule has 1 amide bonds. The van der Waals surface area contributed by atoms with Gasteiger partial charge in [-0.2, -0.15) is 0 Å². The highest BCUT2D eigenvalue weighted by Crippen LogP contribution is 2.35. The van der Waals surface area contributed by atoms with Crippen LogP contribution in [0.2, 0.25) is 0 Å². The number of amides is 1. The Balaban J connectivity index is 2.73. The fraction of sp³-hybridized carbons (Fsp3) is 0.200. The van der Waals surface area contributed by atoms with Crippen LogP contribution in [0.3, 0.4) is 0 Å². The molecule has 1 aliphatic heterocycles. The summed E-state index contributed by atoms with van der Waals surface area (Å²) >= 11 is 0. The molecule has 7 heteroatoms. The average molecular weight is 303 g/mol. The number of anilines is 1. The van der Waals surface area contributed by atoms with Gasteiger partial charge in [-0.05, 0) is 19.1 Å². The van der Waals surface area contributed by atoms with Gasteiger partial charge in [0, 0.05) is 11.3 Å². The first-order chi connectivity index (χ1) is 10.4. The van der Waals surface area contributed by atoms with Gasteiger partial charge in [0.15, 0.2) is 0 Å². The maximum atomic E-state index is 12.1. The SMILES string of the molecule is COC(=O)C(=O)/C(C(=O)OC)=C1\C(=O)Nc2ccc(C)cc21. The number of ketones is 1. The van der Waals surface area contributed by atoms with Crippen molar-refractivity contribution in [3.63, 3.8) is 0 Å². The van der Waals surface area contributed by atoms with E-state index in [1.807, 2.05) is 0 Å². The van der Waals surface area contributed by atoms with Crippen molar-refractivity contribution in [1.82, 2.24) is 0 Å². The summed E-state index contributed by atoms with van der Waals surface area (Å²) in [7, 11) is 2.06. The highest BCUT2D eigenvalue weighted by Gasteiger charge is 2.37. The Labute approximate surface area is 125 Å². The maximum absolute atomic E-state index is 12.1. The van der Waals surface area contributed by atoms with E-state index in [0.717, 1.165) is 19.8 Å². The summed E-state index contributed by atoms with van der Waals surface area (Å²) in [5.74, 6) is -4.20. The minimum atomic E-state index is -1.25. The number of benzene rings is 1. The van der Waals surface area contributed by atoms with E-state index in [0.29, 0.717) is 11.3 Å². The minimum Gasteiger partial charge on any atom is -0.465 e. The van der Waals surface area contributed by atoms with Crippen LogP contribution < -0.4 is 5.32 Å². The molecule has 0 aromatic heterocycles. The molecule has 0 spiro atoms. The molecule has 0 saturated carbocycles. The quantitative estimate of drug-likeness (QED) is 0.289. The van der Waals surface area contributed by atoms with Gasteiger partial charge in [-0.1, -0.05) is 11.6 Å². The number of hydrogen-bond donors (Lipinski definition) is 1. The lowest BCUT2D eigenvalue weighted by Crippen LogP contribution is -2.26. The number of aryl methyl sites for hydroxylation is 1. The van der Waals surface area contributed by atoms with Crippen LogP contribution in [0, 0.1) is 6.92 Å². The number of Topliss-reactive ketones (excluding diaryl/α,β-unsaturated/α-hetero) is 1. The van der Waals surface area contributed by atoms with Crippen molar-refractivity contribution < 1.29 is 28.7 Å². The molecule has 0 saturated heterocycles. The lowest BCUT2D eigenvalue weighted by molar-refractivity contribution is -0.151. The Morgan fingerprint density at radius 1 is 1.05 bits per heavy atom. The molecule has 2 rings (SSSR count). The molecule has 0 atom stereocenters. The van der Waals surface area contributed by atoms with Gasteiger partial charge in [0.05, 0.1) is 19.8 Å². The zero-order chi connectivity index (χ0) is 16.4. The van der Waals surface area contributed by atoms with E-state index >= 15 is 0 Å². The third kappa shape index (κ3) is 2.48. The number of methoxy groups -OCH3 is 2. The third-order valence-electron chi connectivity index (χ3n) is 3.16. The molecule has 1 heterocycles. The molecule has 0 radical (unpaired) electrons. The Bertz CT molecular complexity index is 732. The van der Waals surface area contributed by atoms with Crippen LogP contribution in [-0.4, -0.2) is 37.8 Å². The van der Waals surface area contributed by atoms with E-state index in [1.54, 1.807) is 25.1 Å². The van der Waals surface area contributed by atoms with Crippen molar-refractivity contribution in [2.75, 3.05) is 19.5 Å². The molecule has 0 unspecified atom stereocenters. The van der Waals surface area contributed by atoms with Gasteiger partial charge in [0.2, 0.25) is 0 Å². The molecule has 22 heavy (non-hydrogen) atoms. The van der Waals surface area contributed by atoms with Crippen molar-refractivity contribution in [3.05, 3.63) is 34.9 Å². The molecule has 7 nitrogen and oxygen atoms in total. The van der Waals surface area contributed by atoms with E-state index in [2.05, 4.69) is 14.8 Å². The maximum Gasteiger partial charge on any atom is 0.379 e. The number of carbonyl (C=O) groups is 4. The zero-order valence-electron chi connectivity index (χ0n) is 12.2. The van der Waals surface area contributed by atoms with Gasteiger partial charge in [-0.25, -0.2) is 9.59 Å². The van der Waals surface area contributed by atoms with Crippen LogP contribution in [-0.2, 0) is 28.7 Å². The van der Waals surface area contributed by atoms with Crippen molar-refractivity contribution in [2.24, 2.45) is 0 Å². The molecule has 1 aliphatic rings. The van der Waals surface area contributed by atoms with Gasteiger partial charge < -0.3 is 14.8 Å². The second-order valence-corrected chi connectivity index (χ2v) is 4.57. The summed E-state index contributed by atoms with van der Waals surface area (Å²) in [5, 5.41) is 2.54. The normalized spacial score (nSPS) is 14.8. The van der Waals surface area contributed by atoms with Gasteiger partial charge in [0.25, 0.3) is 11.7 Å². The second-order valence-electron chi connectivity index (χ2n) is 4.57. The first-order valence-corrected chi connectivity index (χ1v) is 6.28. The predicted molar refractivity (Wildman–Crippen MR) is 75.8 cm³/mol. The molecule has 0 fully saturated rings. The summed E-state index contributed by atoms with van der Waals surface area (Å²) in [4.78, 5) is 47.6. The van der Waals surface area contributed by atoms with Crippen LogP contribution in [0.5, 0.6) is 0 Å². The van der Waals surface area contributed by atoms with Gasteiger partial charge in [-0.3, -0.25) is 9.59 Å². The minimum absolute atomic E-state index is 0.194. The highest BCUT2D eigenvalue weighted by atomic mass is 16.5. The summed E-state index contributed by atoms with van der Waals surface area (Å²) in [5.41, 5.74) is 0.798. The molecular weight excluding hydrogens is 290 g/mol. The zero-order valence-corrected chi connectivity index (χ0v) is 12.2. The van der Waals surface area contributed by atoms with E-state index in [4.69, 9.17) is 0 Å². The standard InChI is InChI=1S/C15H13NO6/c1-7-4-5-9-8(6-7)10(13(18)16-9)11(14(19)21-2)12(17)15(20)22-3/h4-6H,1-3H3,(H,16,18)/b11-10+. The first kappa shape index (κ1) is 15.4. The number of rotatable bonds is 3. The lowest BCUT2D eigenvalue weighted by atomic mass is 9.97. The Morgan fingerprint density at radius 3 is 2.27 bits per heavy atom. The van der Waals surface area contributed by atoms with Crippen molar-refractivity contribution >= 4 is 34.9 Å². The van der Waals surface area contributed by atoms with Crippen molar-refractivity contribution in [3.8, 4) is 0 Å². The van der Waals surface area contributed by atoms with Gasteiger partial charge in [0.1, 0.15) is 5.57 Å². The molecule has 1 aromatic rings. The fourth-order valence-electron chi connectivity index (χ4n) is 2.13. The van der Waals surface area contributed by atoms with Crippen LogP contribution in [0.15, 0.2) is 23.8 Å².